The molecule has 0 bridgehead atoms. The van der Waals surface area contributed by atoms with Crippen molar-refractivity contribution in [2.45, 2.75) is 24.7 Å². The van der Waals surface area contributed by atoms with E-state index in [2.05, 4.69) is 9.46 Å². The highest BCUT2D eigenvalue weighted by molar-refractivity contribution is 7.93. The van der Waals surface area contributed by atoms with Crippen molar-refractivity contribution in [2.24, 2.45) is 0 Å². The molecule has 0 radical (unpaired) electrons. The Bertz CT molecular complexity index is 948. The van der Waals surface area contributed by atoms with Crippen molar-refractivity contribution in [3.63, 3.8) is 0 Å². The summed E-state index contributed by atoms with van der Waals surface area (Å²) in [7, 11) is -2.52. The third-order valence-corrected chi connectivity index (χ3v) is 6.70. The number of rotatable bonds is 5. The smallest absolute Gasteiger partial charge is 0.348 e. The van der Waals surface area contributed by atoms with Crippen LogP contribution in [0.1, 0.15) is 28.1 Å². The number of benzene rings is 1. The summed E-state index contributed by atoms with van der Waals surface area (Å²) in [6, 6.07) is 7.76. The maximum atomic E-state index is 12.6. The highest BCUT2D eigenvalue weighted by atomic mass is 32.2. The number of anilines is 2. The number of carbonyl (C=O) groups is 2. The molecule has 3 rings (SSSR count). The highest BCUT2D eigenvalue weighted by Crippen LogP contribution is 2.30. The Hall–Kier alpha value is -2.39. The Labute approximate surface area is 155 Å². The largest absolute Gasteiger partial charge is 0.465 e. The quantitative estimate of drug-likeness (QED) is 0.787. The molecule has 1 saturated heterocycles. The average Bonchev–Trinajstić information content (AvgIpc) is 3.19. The molecule has 1 aliphatic heterocycles. The standard InChI is InChI=1S/C17H18N2O5S2/c1-11-10-14(25-16(11)17(21)24-2)18-26(22,23)13-7-5-12(6-8-13)19-9-3-4-15(19)20/h5-8,10,18H,3-4,9H2,1-2H3. The number of carbonyl (C=O) groups excluding carboxylic acids is 2. The molecule has 0 aliphatic carbocycles. The molecule has 0 atom stereocenters. The zero-order valence-corrected chi connectivity index (χ0v) is 15.9. The fourth-order valence-electron chi connectivity index (χ4n) is 2.75. The van der Waals surface area contributed by atoms with E-state index < -0.39 is 16.0 Å². The summed E-state index contributed by atoms with van der Waals surface area (Å²) < 4.78 is 32.3. The highest BCUT2D eigenvalue weighted by Gasteiger charge is 2.23. The summed E-state index contributed by atoms with van der Waals surface area (Å²) in [6.45, 7) is 2.36. The molecule has 1 fully saturated rings. The van der Waals surface area contributed by atoms with Gasteiger partial charge in [0.2, 0.25) is 5.91 Å². The first-order valence-electron chi connectivity index (χ1n) is 7.94. The van der Waals surface area contributed by atoms with Crippen molar-refractivity contribution in [2.75, 3.05) is 23.3 Å². The van der Waals surface area contributed by atoms with Crippen LogP contribution in [0.2, 0.25) is 0 Å². The third kappa shape index (κ3) is 3.58. The van der Waals surface area contributed by atoms with Gasteiger partial charge in [0.1, 0.15) is 9.88 Å². The number of nitrogens with one attached hydrogen (secondary N) is 1. The molecule has 1 amide bonds. The summed E-state index contributed by atoms with van der Waals surface area (Å²) >= 11 is 1.02. The molecule has 26 heavy (non-hydrogen) atoms. The number of thiophene rings is 1. The van der Waals surface area contributed by atoms with E-state index in [4.69, 9.17) is 0 Å². The van der Waals surface area contributed by atoms with Gasteiger partial charge in [-0.2, -0.15) is 0 Å². The van der Waals surface area contributed by atoms with Gasteiger partial charge in [0.05, 0.1) is 12.0 Å². The molecule has 0 saturated carbocycles. The van der Waals surface area contributed by atoms with Gasteiger partial charge < -0.3 is 9.64 Å². The number of hydrogen-bond acceptors (Lipinski definition) is 6. The van der Waals surface area contributed by atoms with E-state index in [1.54, 1.807) is 30.0 Å². The predicted molar refractivity (Wildman–Crippen MR) is 99.2 cm³/mol. The summed E-state index contributed by atoms with van der Waals surface area (Å²) in [5, 5.41) is 0.335. The van der Waals surface area contributed by atoms with Gasteiger partial charge in [-0.25, -0.2) is 13.2 Å². The van der Waals surface area contributed by atoms with E-state index in [1.165, 1.54) is 19.2 Å². The van der Waals surface area contributed by atoms with Gasteiger partial charge >= 0.3 is 5.97 Å². The molecular formula is C17H18N2O5S2. The minimum Gasteiger partial charge on any atom is -0.465 e. The van der Waals surface area contributed by atoms with E-state index in [-0.39, 0.29) is 10.8 Å². The fourth-order valence-corrected chi connectivity index (χ4v) is 5.02. The number of amides is 1. The summed E-state index contributed by atoms with van der Waals surface area (Å²) in [5.41, 5.74) is 1.33. The Morgan fingerprint density at radius 3 is 2.54 bits per heavy atom. The van der Waals surface area contributed by atoms with Gasteiger partial charge in [0, 0.05) is 18.7 Å². The van der Waals surface area contributed by atoms with Crippen molar-refractivity contribution in [3.8, 4) is 0 Å². The molecule has 2 aromatic rings. The number of hydrogen-bond donors (Lipinski definition) is 1. The molecule has 138 valence electrons. The van der Waals surface area contributed by atoms with Crippen LogP contribution in [0.15, 0.2) is 35.2 Å². The molecule has 1 aromatic heterocycles. The van der Waals surface area contributed by atoms with Gasteiger partial charge in [-0.05, 0) is 49.2 Å². The Balaban J connectivity index is 1.80. The second-order valence-corrected chi connectivity index (χ2v) is 8.60. The molecule has 1 N–H and O–H groups in total. The Morgan fingerprint density at radius 1 is 1.27 bits per heavy atom. The second-order valence-electron chi connectivity index (χ2n) is 5.86. The number of esters is 1. The van der Waals surface area contributed by atoms with E-state index in [1.807, 2.05) is 0 Å². The van der Waals surface area contributed by atoms with Gasteiger partial charge in [0.15, 0.2) is 0 Å². The van der Waals surface area contributed by atoms with Gasteiger partial charge in [-0.15, -0.1) is 11.3 Å². The monoisotopic (exact) mass is 394 g/mol. The molecule has 2 heterocycles. The van der Waals surface area contributed by atoms with Crippen LogP contribution < -0.4 is 9.62 Å². The summed E-state index contributed by atoms with van der Waals surface area (Å²) in [5.74, 6) is -0.458. The molecule has 0 unspecified atom stereocenters. The normalized spacial score (nSPS) is 14.5. The zero-order chi connectivity index (χ0) is 18.9. The first-order chi connectivity index (χ1) is 12.3. The van der Waals surface area contributed by atoms with Crippen LogP contribution in [0, 0.1) is 6.92 Å². The molecule has 7 nitrogen and oxygen atoms in total. The maximum Gasteiger partial charge on any atom is 0.348 e. The van der Waals surface area contributed by atoms with E-state index in [0.29, 0.717) is 34.1 Å². The van der Waals surface area contributed by atoms with E-state index in [9.17, 15) is 18.0 Å². The molecule has 1 aromatic carbocycles. The molecule has 1 aliphatic rings. The van der Waals surface area contributed by atoms with Crippen molar-refractivity contribution in [1.29, 1.82) is 0 Å². The van der Waals surface area contributed by atoms with Gasteiger partial charge in [-0.1, -0.05) is 0 Å². The van der Waals surface area contributed by atoms with E-state index in [0.717, 1.165) is 17.8 Å². The molecule has 0 spiro atoms. The van der Waals surface area contributed by atoms with Crippen LogP contribution in [0.25, 0.3) is 0 Å². The lowest BCUT2D eigenvalue weighted by Gasteiger charge is -2.16. The van der Waals surface area contributed by atoms with E-state index >= 15 is 0 Å². The number of methoxy groups -OCH3 is 1. The predicted octanol–water partition coefficient (Wildman–Crippen LogP) is 2.77. The van der Waals surface area contributed by atoms with Crippen LogP contribution in [0.4, 0.5) is 10.7 Å². The van der Waals surface area contributed by atoms with Gasteiger partial charge in [-0.3, -0.25) is 9.52 Å². The van der Waals surface area contributed by atoms with Crippen molar-refractivity contribution in [1.82, 2.24) is 0 Å². The number of nitrogens with zero attached hydrogens (tertiary/aromatic N) is 1. The number of ether oxygens (including phenoxy) is 1. The minimum atomic E-state index is -3.80. The minimum absolute atomic E-state index is 0.0446. The SMILES string of the molecule is COC(=O)c1sc(NS(=O)(=O)c2ccc(N3CCCC3=O)cc2)cc1C. The molecule has 9 heteroatoms. The van der Waals surface area contributed by atoms with Crippen LogP contribution in [-0.2, 0) is 19.6 Å². The number of sulfonamides is 1. The first kappa shape index (κ1) is 18.4. The van der Waals surface area contributed by atoms with Crippen LogP contribution in [-0.4, -0.2) is 33.9 Å². The molecular weight excluding hydrogens is 376 g/mol. The van der Waals surface area contributed by atoms with Crippen LogP contribution in [0.5, 0.6) is 0 Å². The lowest BCUT2D eigenvalue weighted by atomic mass is 10.3. The Kier molecular flexibility index (Phi) is 5.01. The summed E-state index contributed by atoms with van der Waals surface area (Å²) in [4.78, 5) is 25.5. The Morgan fingerprint density at radius 2 is 1.96 bits per heavy atom. The zero-order valence-electron chi connectivity index (χ0n) is 14.3. The van der Waals surface area contributed by atoms with Gasteiger partial charge in [0.25, 0.3) is 10.0 Å². The van der Waals surface area contributed by atoms with Crippen molar-refractivity contribution < 1.29 is 22.7 Å². The summed E-state index contributed by atoms with van der Waals surface area (Å²) in [6.07, 6.45) is 1.32. The third-order valence-electron chi connectivity index (χ3n) is 4.06. The lowest BCUT2D eigenvalue weighted by Crippen LogP contribution is -2.23. The van der Waals surface area contributed by atoms with Crippen molar-refractivity contribution in [3.05, 3.63) is 40.8 Å². The van der Waals surface area contributed by atoms with Crippen LogP contribution >= 0.6 is 11.3 Å². The first-order valence-corrected chi connectivity index (χ1v) is 10.2. The second kappa shape index (κ2) is 7.08. The maximum absolute atomic E-state index is 12.6. The van der Waals surface area contributed by atoms with Crippen LogP contribution in [0.3, 0.4) is 0 Å². The number of aryl methyl sites for hydroxylation is 1. The topological polar surface area (TPSA) is 92.8 Å². The fraction of sp³-hybridized carbons (Fsp3) is 0.294. The average molecular weight is 394 g/mol. The van der Waals surface area contributed by atoms with Crippen molar-refractivity contribution >= 4 is 43.9 Å². The lowest BCUT2D eigenvalue weighted by molar-refractivity contribution is -0.117.